The Balaban J connectivity index is 1.38. The van der Waals surface area contributed by atoms with E-state index in [0.717, 1.165) is 42.8 Å². The lowest BCUT2D eigenvalue weighted by Crippen LogP contribution is -2.49. The molecule has 2 heterocycles. The average molecular weight is 420 g/mol. The Morgan fingerprint density at radius 3 is 2.71 bits per heavy atom. The third-order valence-electron chi connectivity index (χ3n) is 7.48. The molecule has 0 aromatic heterocycles. The first kappa shape index (κ1) is 20.5. The second-order valence-electron chi connectivity index (χ2n) is 9.29. The van der Waals surface area contributed by atoms with Crippen molar-refractivity contribution < 1.29 is 9.53 Å². The molecule has 5 heteroatoms. The number of hydrogen-bond donors (Lipinski definition) is 2. The Bertz CT molecular complexity index is 961. The van der Waals surface area contributed by atoms with Crippen molar-refractivity contribution in [2.45, 2.75) is 63.2 Å². The normalized spacial score (nSPS) is 29.3. The summed E-state index contributed by atoms with van der Waals surface area (Å²) in [5.41, 5.74) is 4.76. The van der Waals surface area contributed by atoms with Crippen molar-refractivity contribution in [1.82, 2.24) is 10.6 Å². The molecular formula is C26H33N3O2. The quantitative estimate of drug-likeness (QED) is 0.739. The van der Waals surface area contributed by atoms with Crippen LogP contribution in [-0.2, 0) is 11.3 Å². The minimum absolute atomic E-state index is 0.178. The summed E-state index contributed by atoms with van der Waals surface area (Å²) in [5.74, 6) is 1.74. The van der Waals surface area contributed by atoms with Gasteiger partial charge in [-0.2, -0.15) is 0 Å². The molecule has 164 valence electrons. The topological polar surface area (TPSA) is 53.6 Å². The van der Waals surface area contributed by atoms with Gasteiger partial charge in [-0.25, -0.2) is 0 Å². The van der Waals surface area contributed by atoms with Gasteiger partial charge in [0.05, 0.1) is 7.11 Å². The van der Waals surface area contributed by atoms with E-state index in [1.165, 1.54) is 17.5 Å². The van der Waals surface area contributed by atoms with Gasteiger partial charge in [0.15, 0.2) is 0 Å². The van der Waals surface area contributed by atoms with Gasteiger partial charge in [0.2, 0.25) is 5.91 Å². The van der Waals surface area contributed by atoms with Crippen LogP contribution in [0.1, 0.15) is 61.3 Å². The molecule has 1 amide bonds. The van der Waals surface area contributed by atoms with Crippen LogP contribution >= 0.6 is 0 Å². The molecule has 1 aliphatic carbocycles. The predicted molar refractivity (Wildman–Crippen MR) is 124 cm³/mol. The molecule has 0 spiro atoms. The highest BCUT2D eigenvalue weighted by Crippen LogP contribution is 2.56. The summed E-state index contributed by atoms with van der Waals surface area (Å²) in [5, 5.41) is 7.68. The molecule has 0 radical (unpaired) electrons. The maximum atomic E-state index is 12.5. The number of carbonyl (C=O) groups excluding carboxylic acids is 1. The summed E-state index contributed by atoms with van der Waals surface area (Å²) in [6.45, 7) is 2.98. The molecule has 2 N–H and O–H groups in total. The van der Waals surface area contributed by atoms with Crippen LogP contribution in [0.2, 0.25) is 0 Å². The van der Waals surface area contributed by atoms with Gasteiger partial charge in [-0.15, -0.1) is 0 Å². The van der Waals surface area contributed by atoms with Gasteiger partial charge in [-0.1, -0.05) is 37.3 Å². The van der Waals surface area contributed by atoms with Crippen LogP contribution in [-0.4, -0.2) is 32.1 Å². The molecular weight excluding hydrogens is 386 g/mol. The number of anilines is 1. The monoisotopic (exact) mass is 419 g/mol. The Hall–Kier alpha value is -2.37. The smallest absolute Gasteiger partial charge is 0.230 e. The highest BCUT2D eigenvalue weighted by molar-refractivity contribution is 6.01. The molecule has 2 fully saturated rings. The Morgan fingerprint density at radius 2 is 1.97 bits per heavy atom. The maximum Gasteiger partial charge on any atom is 0.230 e. The lowest BCUT2D eigenvalue weighted by atomic mass is 9.88. The van der Waals surface area contributed by atoms with E-state index in [9.17, 15) is 4.79 Å². The fourth-order valence-electron chi connectivity index (χ4n) is 5.49. The minimum atomic E-state index is 0.178. The van der Waals surface area contributed by atoms with Gasteiger partial charge >= 0.3 is 0 Å². The van der Waals surface area contributed by atoms with Crippen molar-refractivity contribution >= 4 is 11.6 Å². The number of nitrogens with zero attached hydrogens (tertiary/aromatic N) is 1. The zero-order valence-corrected chi connectivity index (χ0v) is 18.7. The fraction of sp³-hybridized carbons (Fsp3) is 0.500. The largest absolute Gasteiger partial charge is 0.496 e. The summed E-state index contributed by atoms with van der Waals surface area (Å²) in [6.07, 6.45) is 4.44. The Labute approximate surface area is 185 Å². The van der Waals surface area contributed by atoms with Gasteiger partial charge in [-0.05, 0) is 54.9 Å². The number of hydrogen-bond acceptors (Lipinski definition) is 4. The Kier molecular flexibility index (Phi) is 5.49. The summed E-state index contributed by atoms with van der Waals surface area (Å²) < 4.78 is 5.77. The van der Waals surface area contributed by atoms with Gasteiger partial charge < -0.3 is 20.3 Å². The van der Waals surface area contributed by atoms with Crippen molar-refractivity contribution in [2.24, 2.45) is 5.92 Å². The second-order valence-corrected chi connectivity index (χ2v) is 9.29. The summed E-state index contributed by atoms with van der Waals surface area (Å²) in [4.78, 5) is 14.4. The number of carbonyl (C=O) groups is 1. The maximum absolute atomic E-state index is 12.5. The molecule has 2 aromatic carbocycles. The summed E-state index contributed by atoms with van der Waals surface area (Å²) in [6, 6.07) is 16.3. The highest BCUT2D eigenvalue weighted by Gasteiger charge is 2.50. The second kappa shape index (κ2) is 8.29. The van der Waals surface area contributed by atoms with Gasteiger partial charge in [0, 0.05) is 48.9 Å². The molecule has 3 aliphatic rings. The number of fused-ring (bicyclic) bond motifs is 3. The third-order valence-corrected chi connectivity index (χ3v) is 7.48. The zero-order chi connectivity index (χ0) is 21.5. The number of methoxy groups -OCH3 is 1. The number of ether oxygens (including phenoxy) is 1. The first-order valence-electron chi connectivity index (χ1n) is 11.6. The highest BCUT2D eigenvalue weighted by atomic mass is 16.5. The summed E-state index contributed by atoms with van der Waals surface area (Å²) in [7, 11) is 3.65. The van der Waals surface area contributed by atoms with Crippen LogP contribution < -0.4 is 20.3 Å². The predicted octanol–water partition coefficient (Wildman–Crippen LogP) is 4.14. The number of amides is 1. The first-order valence-corrected chi connectivity index (χ1v) is 11.6. The SMILES string of the molecule is CC[C@@H]1CC[C@@H](NCc2cc3c(cc2OC)C2C[C@@H]2C(=O)N3C)[C@@H](c2ccccc2)N1. The van der Waals surface area contributed by atoms with Crippen molar-refractivity contribution in [3.05, 3.63) is 59.2 Å². The van der Waals surface area contributed by atoms with Crippen LogP contribution in [0, 0.1) is 5.92 Å². The fourth-order valence-corrected chi connectivity index (χ4v) is 5.49. The van der Waals surface area contributed by atoms with E-state index in [4.69, 9.17) is 4.74 Å². The van der Waals surface area contributed by atoms with Gasteiger partial charge in [0.25, 0.3) is 0 Å². The van der Waals surface area contributed by atoms with E-state index in [2.05, 4.69) is 60.0 Å². The molecule has 2 aromatic rings. The molecule has 5 nitrogen and oxygen atoms in total. The molecule has 2 aliphatic heterocycles. The standard InChI is InChI=1S/C26H33N3O2/c1-4-18-10-11-22(25(28-18)16-8-6-5-7-9-16)27-15-17-12-23-20(14-24(17)31-3)19-13-21(19)26(30)29(23)2/h5-9,12,14,18-19,21-22,25,27-28H,4,10-11,13,15H2,1-3H3/t18-,19?,21+,22-,25-/m1/s1. The van der Waals surface area contributed by atoms with Crippen molar-refractivity contribution in [3.8, 4) is 5.75 Å². The van der Waals surface area contributed by atoms with E-state index in [1.807, 2.05) is 11.9 Å². The van der Waals surface area contributed by atoms with Crippen LogP contribution in [0.5, 0.6) is 5.75 Å². The van der Waals surface area contributed by atoms with E-state index in [1.54, 1.807) is 7.11 Å². The lowest BCUT2D eigenvalue weighted by molar-refractivity contribution is -0.119. The first-order chi connectivity index (χ1) is 15.1. The summed E-state index contributed by atoms with van der Waals surface area (Å²) >= 11 is 0. The van der Waals surface area contributed by atoms with E-state index in [-0.39, 0.29) is 11.8 Å². The number of benzene rings is 2. The van der Waals surface area contributed by atoms with Crippen LogP contribution in [0.25, 0.3) is 0 Å². The average Bonchev–Trinajstić information content (AvgIpc) is 3.62. The van der Waals surface area contributed by atoms with Gasteiger partial charge in [0.1, 0.15) is 5.75 Å². The van der Waals surface area contributed by atoms with Crippen molar-refractivity contribution in [1.29, 1.82) is 0 Å². The molecule has 1 saturated carbocycles. The van der Waals surface area contributed by atoms with Crippen LogP contribution in [0.4, 0.5) is 5.69 Å². The molecule has 0 bridgehead atoms. The molecule has 5 atom stereocenters. The number of nitrogens with one attached hydrogen (secondary N) is 2. The molecule has 1 unspecified atom stereocenters. The Morgan fingerprint density at radius 1 is 1.16 bits per heavy atom. The lowest BCUT2D eigenvalue weighted by Gasteiger charge is -2.38. The molecule has 5 rings (SSSR count). The molecule has 31 heavy (non-hydrogen) atoms. The molecule has 1 saturated heterocycles. The third kappa shape index (κ3) is 3.74. The van der Waals surface area contributed by atoms with E-state index >= 15 is 0 Å². The van der Waals surface area contributed by atoms with Crippen molar-refractivity contribution in [2.75, 3.05) is 19.1 Å². The zero-order valence-electron chi connectivity index (χ0n) is 18.7. The van der Waals surface area contributed by atoms with Crippen LogP contribution in [0.3, 0.4) is 0 Å². The van der Waals surface area contributed by atoms with E-state index in [0.29, 0.717) is 24.0 Å². The van der Waals surface area contributed by atoms with Crippen LogP contribution in [0.15, 0.2) is 42.5 Å². The number of rotatable bonds is 6. The van der Waals surface area contributed by atoms with Gasteiger partial charge in [-0.3, -0.25) is 4.79 Å². The van der Waals surface area contributed by atoms with Crippen molar-refractivity contribution in [3.63, 3.8) is 0 Å². The number of piperidine rings is 1. The van der Waals surface area contributed by atoms with E-state index < -0.39 is 0 Å². The minimum Gasteiger partial charge on any atom is -0.496 e.